The molecule has 0 radical (unpaired) electrons. The van der Waals surface area contributed by atoms with Gasteiger partial charge in [0.25, 0.3) is 0 Å². The largest absolute Gasteiger partial charge is 0.484 e. The molecule has 1 aromatic carbocycles. The minimum absolute atomic E-state index is 0.121. The van der Waals surface area contributed by atoms with E-state index >= 15 is 0 Å². The normalized spacial score (nSPS) is 12.9. The Bertz CT molecular complexity index is 459. The molecule has 1 aromatic rings. The van der Waals surface area contributed by atoms with Gasteiger partial charge in [-0.1, -0.05) is 0 Å². The van der Waals surface area contributed by atoms with Crippen LogP contribution in [-0.4, -0.2) is 24.7 Å². The van der Waals surface area contributed by atoms with E-state index in [0.717, 1.165) is 0 Å². The van der Waals surface area contributed by atoms with Crippen LogP contribution in [0.4, 0.5) is 18.9 Å². The number of amides is 1. The van der Waals surface area contributed by atoms with Gasteiger partial charge < -0.3 is 15.8 Å². The highest BCUT2D eigenvalue weighted by Crippen LogP contribution is 2.24. The molecule has 4 nitrogen and oxygen atoms in total. The van der Waals surface area contributed by atoms with Crippen molar-refractivity contribution in [3.8, 4) is 5.75 Å². The van der Waals surface area contributed by atoms with E-state index in [-0.39, 0.29) is 11.7 Å². The van der Waals surface area contributed by atoms with Crippen LogP contribution in [-0.2, 0) is 4.79 Å². The number of anilines is 1. The summed E-state index contributed by atoms with van der Waals surface area (Å²) in [6, 6.07) is 3.68. The Hall–Kier alpha value is -1.76. The number of rotatable bonds is 4. The summed E-state index contributed by atoms with van der Waals surface area (Å²) < 4.78 is 40.7. The molecule has 0 heterocycles. The van der Waals surface area contributed by atoms with Gasteiger partial charge in [0.2, 0.25) is 5.91 Å². The fourth-order valence-corrected chi connectivity index (χ4v) is 1.30. The predicted molar refractivity (Wildman–Crippen MR) is 65.0 cm³/mol. The molecule has 0 fully saturated rings. The number of aryl methyl sites for hydroxylation is 1. The summed E-state index contributed by atoms with van der Waals surface area (Å²) in [5.41, 5.74) is 6.34. The fraction of sp³-hybridized carbons (Fsp3) is 0.417. The van der Waals surface area contributed by atoms with Gasteiger partial charge in [0.05, 0.1) is 6.04 Å². The maximum absolute atomic E-state index is 12.0. The highest BCUT2D eigenvalue weighted by molar-refractivity contribution is 5.94. The highest BCUT2D eigenvalue weighted by Gasteiger charge is 2.28. The zero-order valence-electron chi connectivity index (χ0n) is 10.5. The Kier molecular flexibility index (Phi) is 4.77. The number of nitrogens with two attached hydrogens (primary N) is 1. The molecule has 0 aliphatic carbocycles. The van der Waals surface area contributed by atoms with E-state index in [0.29, 0.717) is 11.3 Å². The summed E-state index contributed by atoms with van der Waals surface area (Å²) in [5.74, 6) is -0.250. The summed E-state index contributed by atoms with van der Waals surface area (Å²) in [5, 5.41) is 2.54. The van der Waals surface area contributed by atoms with Crippen molar-refractivity contribution >= 4 is 11.6 Å². The van der Waals surface area contributed by atoms with Gasteiger partial charge in [-0.3, -0.25) is 4.79 Å². The van der Waals surface area contributed by atoms with E-state index in [2.05, 4.69) is 10.1 Å². The van der Waals surface area contributed by atoms with Gasteiger partial charge in [-0.05, 0) is 37.6 Å². The van der Waals surface area contributed by atoms with Crippen LogP contribution in [0.2, 0.25) is 0 Å². The summed E-state index contributed by atoms with van der Waals surface area (Å²) in [4.78, 5) is 11.3. The maximum atomic E-state index is 12.0. The van der Waals surface area contributed by atoms with Gasteiger partial charge in [-0.15, -0.1) is 0 Å². The standard InChI is InChI=1S/C12H15F3N2O2/c1-7-5-9(17-11(18)8(2)16)3-4-10(7)19-6-12(13,14)15/h3-5,8H,6,16H2,1-2H3,(H,17,18)/t8-/m1/s1. The molecule has 7 heteroatoms. The summed E-state index contributed by atoms with van der Waals surface area (Å²) in [6.07, 6.45) is -4.38. The smallest absolute Gasteiger partial charge is 0.422 e. The quantitative estimate of drug-likeness (QED) is 0.886. The van der Waals surface area contributed by atoms with E-state index in [4.69, 9.17) is 5.73 Å². The third kappa shape index (κ3) is 5.17. The van der Waals surface area contributed by atoms with Crippen molar-refractivity contribution in [2.75, 3.05) is 11.9 Å². The van der Waals surface area contributed by atoms with Crippen molar-refractivity contribution in [1.82, 2.24) is 0 Å². The van der Waals surface area contributed by atoms with E-state index in [1.807, 2.05) is 0 Å². The number of benzene rings is 1. The first-order chi connectivity index (χ1) is 8.69. The Morgan fingerprint density at radius 1 is 1.47 bits per heavy atom. The average Bonchev–Trinajstić information content (AvgIpc) is 2.26. The molecule has 1 amide bonds. The number of alkyl halides is 3. The predicted octanol–water partition coefficient (Wildman–Crippen LogP) is 2.22. The molecule has 0 aliphatic heterocycles. The molecule has 0 unspecified atom stereocenters. The number of hydrogen-bond donors (Lipinski definition) is 2. The van der Waals surface area contributed by atoms with Crippen molar-refractivity contribution in [3.05, 3.63) is 23.8 Å². The van der Waals surface area contributed by atoms with Gasteiger partial charge in [0, 0.05) is 5.69 Å². The number of halogens is 3. The van der Waals surface area contributed by atoms with Crippen molar-refractivity contribution in [1.29, 1.82) is 0 Å². The van der Waals surface area contributed by atoms with Crippen molar-refractivity contribution < 1.29 is 22.7 Å². The van der Waals surface area contributed by atoms with Crippen LogP contribution in [0.15, 0.2) is 18.2 Å². The molecule has 19 heavy (non-hydrogen) atoms. The number of hydrogen-bond acceptors (Lipinski definition) is 3. The Morgan fingerprint density at radius 3 is 2.58 bits per heavy atom. The first kappa shape index (κ1) is 15.3. The second-order valence-electron chi connectivity index (χ2n) is 4.16. The van der Waals surface area contributed by atoms with Crippen molar-refractivity contribution in [2.45, 2.75) is 26.1 Å². The molecule has 1 atom stereocenters. The van der Waals surface area contributed by atoms with E-state index in [9.17, 15) is 18.0 Å². The molecule has 0 aliphatic rings. The molecule has 3 N–H and O–H groups in total. The number of carbonyl (C=O) groups is 1. The monoisotopic (exact) mass is 276 g/mol. The number of nitrogens with one attached hydrogen (secondary N) is 1. The highest BCUT2D eigenvalue weighted by atomic mass is 19.4. The van der Waals surface area contributed by atoms with E-state index in [1.54, 1.807) is 6.92 Å². The topological polar surface area (TPSA) is 64.4 Å². The van der Waals surface area contributed by atoms with Gasteiger partial charge in [-0.25, -0.2) is 0 Å². The molecule has 1 rings (SSSR count). The fourth-order valence-electron chi connectivity index (χ4n) is 1.30. The lowest BCUT2D eigenvalue weighted by Gasteiger charge is -2.13. The minimum atomic E-state index is -4.38. The lowest BCUT2D eigenvalue weighted by Crippen LogP contribution is -2.32. The molecule has 0 saturated carbocycles. The molecular weight excluding hydrogens is 261 g/mol. The second-order valence-corrected chi connectivity index (χ2v) is 4.16. The van der Waals surface area contributed by atoms with E-state index in [1.165, 1.54) is 25.1 Å². The molecule has 106 valence electrons. The van der Waals surface area contributed by atoms with Crippen LogP contribution in [0.1, 0.15) is 12.5 Å². The zero-order valence-corrected chi connectivity index (χ0v) is 10.5. The molecule has 0 aromatic heterocycles. The summed E-state index contributed by atoms with van der Waals surface area (Å²) in [6.45, 7) is 1.77. The molecule has 0 bridgehead atoms. The molecule has 0 spiro atoms. The maximum Gasteiger partial charge on any atom is 0.422 e. The third-order valence-corrected chi connectivity index (χ3v) is 2.25. The van der Waals surface area contributed by atoms with Crippen LogP contribution in [0.3, 0.4) is 0 Å². The minimum Gasteiger partial charge on any atom is -0.484 e. The van der Waals surface area contributed by atoms with Gasteiger partial charge in [-0.2, -0.15) is 13.2 Å². The zero-order chi connectivity index (χ0) is 14.6. The summed E-state index contributed by atoms with van der Waals surface area (Å²) >= 11 is 0. The van der Waals surface area contributed by atoms with Gasteiger partial charge in [0.15, 0.2) is 6.61 Å². The third-order valence-electron chi connectivity index (χ3n) is 2.25. The number of carbonyl (C=O) groups excluding carboxylic acids is 1. The first-order valence-corrected chi connectivity index (χ1v) is 5.55. The van der Waals surface area contributed by atoms with Gasteiger partial charge in [0.1, 0.15) is 5.75 Å². The first-order valence-electron chi connectivity index (χ1n) is 5.55. The average molecular weight is 276 g/mol. The van der Waals surface area contributed by atoms with Crippen LogP contribution >= 0.6 is 0 Å². The van der Waals surface area contributed by atoms with Crippen LogP contribution in [0.25, 0.3) is 0 Å². The van der Waals surface area contributed by atoms with Crippen LogP contribution in [0, 0.1) is 6.92 Å². The van der Waals surface area contributed by atoms with Crippen LogP contribution in [0.5, 0.6) is 5.75 Å². The lowest BCUT2D eigenvalue weighted by atomic mass is 10.2. The Morgan fingerprint density at radius 2 is 2.11 bits per heavy atom. The van der Waals surface area contributed by atoms with E-state index < -0.39 is 18.8 Å². The molecular formula is C12H15F3N2O2. The Labute approximate surface area is 108 Å². The van der Waals surface area contributed by atoms with Crippen molar-refractivity contribution in [2.24, 2.45) is 5.73 Å². The van der Waals surface area contributed by atoms with Crippen LogP contribution < -0.4 is 15.8 Å². The number of ether oxygens (including phenoxy) is 1. The lowest BCUT2D eigenvalue weighted by molar-refractivity contribution is -0.153. The second kappa shape index (κ2) is 5.92. The van der Waals surface area contributed by atoms with Crippen molar-refractivity contribution in [3.63, 3.8) is 0 Å². The Balaban J connectivity index is 2.72. The summed E-state index contributed by atoms with van der Waals surface area (Å²) in [7, 11) is 0. The SMILES string of the molecule is Cc1cc(NC(=O)[C@@H](C)N)ccc1OCC(F)(F)F. The molecule has 0 saturated heterocycles. The van der Waals surface area contributed by atoms with Gasteiger partial charge >= 0.3 is 6.18 Å².